The molecule has 0 saturated heterocycles. The van der Waals surface area contributed by atoms with Crippen LogP contribution in [-0.2, 0) is 12.0 Å². The molecule has 2 nitrogen and oxygen atoms in total. The van der Waals surface area contributed by atoms with Crippen molar-refractivity contribution in [3.63, 3.8) is 0 Å². The Morgan fingerprint density at radius 2 is 1.17 bits per heavy atom. The minimum atomic E-state index is -1.02. The van der Waals surface area contributed by atoms with E-state index in [0.29, 0.717) is 6.04 Å². The smallest absolute Gasteiger partial charge is 0.118 e. The Hall–Kier alpha value is -2.13. The molecule has 1 N–H and O–H groups in total. The molecule has 0 radical (unpaired) electrons. The summed E-state index contributed by atoms with van der Waals surface area (Å²) in [5.74, 6) is 0.0283. The SMILES string of the molecule is CC(Cc1ccccc1)N(C)CC(C)C(O)(c1ccccc1)c1ccccc1.Cl. The van der Waals surface area contributed by atoms with E-state index < -0.39 is 5.60 Å². The maximum absolute atomic E-state index is 11.9. The third-order valence-corrected chi connectivity index (χ3v) is 5.83. The predicted molar refractivity (Wildman–Crippen MR) is 125 cm³/mol. The van der Waals surface area contributed by atoms with Crippen molar-refractivity contribution >= 4 is 12.4 Å². The van der Waals surface area contributed by atoms with Crippen molar-refractivity contribution in [2.24, 2.45) is 5.92 Å². The molecule has 3 aromatic rings. The summed E-state index contributed by atoms with van der Waals surface area (Å²) in [5, 5.41) is 11.9. The van der Waals surface area contributed by atoms with Crippen molar-refractivity contribution in [3.8, 4) is 0 Å². The zero-order valence-electron chi connectivity index (χ0n) is 17.5. The first-order chi connectivity index (χ1) is 13.5. The maximum Gasteiger partial charge on any atom is 0.118 e. The summed E-state index contributed by atoms with van der Waals surface area (Å²) in [6, 6.07) is 31.1. The Labute approximate surface area is 181 Å². The number of hydrogen-bond acceptors (Lipinski definition) is 2. The lowest BCUT2D eigenvalue weighted by molar-refractivity contribution is 0.00631. The maximum atomic E-state index is 11.9. The second-order valence-electron chi connectivity index (χ2n) is 7.88. The number of aliphatic hydroxyl groups is 1. The lowest BCUT2D eigenvalue weighted by Crippen LogP contribution is -2.43. The van der Waals surface area contributed by atoms with Gasteiger partial charge in [0.2, 0.25) is 0 Å². The van der Waals surface area contributed by atoms with E-state index in [0.717, 1.165) is 24.1 Å². The van der Waals surface area contributed by atoms with Gasteiger partial charge in [-0.2, -0.15) is 0 Å². The van der Waals surface area contributed by atoms with Crippen LogP contribution in [0.2, 0.25) is 0 Å². The second kappa shape index (κ2) is 10.6. The first-order valence-electron chi connectivity index (χ1n) is 10.1. The highest BCUT2D eigenvalue weighted by molar-refractivity contribution is 5.85. The van der Waals surface area contributed by atoms with Gasteiger partial charge in [0.15, 0.2) is 0 Å². The van der Waals surface area contributed by atoms with Crippen LogP contribution in [0.1, 0.15) is 30.5 Å². The number of rotatable bonds is 8. The third-order valence-electron chi connectivity index (χ3n) is 5.83. The van der Waals surface area contributed by atoms with Crippen molar-refractivity contribution in [2.45, 2.75) is 31.9 Å². The van der Waals surface area contributed by atoms with Crippen LogP contribution >= 0.6 is 12.4 Å². The Bertz CT molecular complexity index is 799. The fourth-order valence-corrected chi connectivity index (χ4v) is 3.98. The minimum absolute atomic E-state index is 0. The van der Waals surface area contributed by atoms with E-state index in [1.165, 1.54) is 5.56 Å². The van der Waals surface area contributed by atoms with Crippen molar-refractivity contribution < 1.29 is 5.11 Å². The zero-order valence-corrected chi connectivity index (χ0v) is 18.3. The summed E-state index contributed by atoms with van der Waals surface area (Å²) in [6.45, 7) is 5.20. The Kier molecular flexibility index (Phi) is 8.45. The minimum Gasteiger partial charge on any atom is -0.380 e. The van der Waals surface area contributed by atoms with Gasteiger partial charge in [0.25, 0.3) is 0 Å². The summed E-state index contributed by atoms with van der Waals surface area (Å²) in [7, 11) is 2.15. The number of hydrogen-bond donors (Lipinski definition) is 1. The second-order valence-corrected chi connectivity index (χ2v) is 7.88. The van der Waals surface area contributed by atoms with Crippen molar-refractivity contribution in [1.29, 1.82) is 0 Å². The van der Waals surface area contributed by atoms with Crippen LogP contribution in [0, 0.1) is 5.92 Å². The first kappa shape index (κ1) is 23.2. The van der Waals surface area contributed by atoms with Gasteiger partial charge < -0.3 is 10.0 Å². The molecule has 0 aliphatic rings. The van der Waals surface area contributed by atoms with Crippen LogP contribution in [0.4, 0.5) is 0 Å². The van der Waals surface area contributed by atoms with Crippen LogP contribution < -0.4 is 0 Å². The lowest BCUT2D eigenvalue weighted by Gasteiger charge is -2.38. The van der Waals surface area contributed by atoms with E-state index in [2.05, 4.69) is 56.1 Å². The summed E-state index contributed by atoms with van der Waals surface area (Å²) in [6.07, 6.45) is 0.999. The first-order valence-corrected chi connectivity index (χ1v) is 10.1. The normalized spacial score (nSPS) is 13.6. The monoisotopic (exact) mass is 409 g/mol. The van der Waals surface area contributed by atoms with Gasteiger partial charge in [0, 0.05) is 18.5 Å². The van der Waals surface area contributed by atoms with E-state index in [-0.39, 0.29) is 18.3 Å². The van der Waals surface area contributed by atoms with E-state index >= 15 is 0 Å². The zero-order chi connectivity index (χ0) is 20.0. The Balaban J connectivity index is 0.00000300. The van der Waals surface area contributed by atoms with E-state index in [1.54, 1.807) is 0 Å². The summed E-state index contributed by atoms with van der Waals surface area (Å²) in [5.41, 5.74) is 2.20. The molecule has 2 atom stereocenters. The van der Waals surface area contributed by atoms with E-state index in [4.69, 9.17) is 0 Å². The highest BCUT2D eigenvalue weighted by Gasteiger charge is 2.38. The molecule has 29 heavy (non-hydrogen) atoms. The molecule has 0 bridgehead atoms. The average molecular weight is 410 g/mol. The van der Waals surface area contributed by atoms with Crippen molar-refractivity contribution in [3.05, 3.63) is 108 Å². The number of benzene rings is 3. The Morgan fingerprint density at radius 1 is 0.759 bits per heavy atom. The number of nitrogens with zero attached hydrogens (tertiary/aromatic N) is 1. The topological polar surface area (TPSA) is 23.5 Å². The van der Waals surface area contributed by atoms with Gasteiger partial charge in [-0.15, -0.1) is 12.4 Å². The quantitative estimate of drug-likeness (QED) is 0.527. The van der Waals surface area contributed by atoms with Crippen LogP contribution in [0.25, 0.3) is 0 Å². The van der Waals surface area contributed by atoms with Gasteiger partial charge in [-0.05, 0) is 37.1 Å². The molecule has 0 saturated carbocycles. The fraction of sp³-hybridized carbons (Fsp3) is 0.308. The molecule has 154 valence electrons. The lowest BCUT2D eigenvalue weighted by atomic mass is 9.76. The van der Waals surface area contributed by atoms with E-state index in [9.17, 15) is 5.11 Å². The van der Waals surface area contributed by atoms with Crippen molar-refractivity contribution in [1.82, 2.24) is 4.90 Å². The molecule has 0 aromatic heterocycles. The molecular weight excluding hydrogens is 378 g/mol. The van der Waals surface area contributed by atoms with Crippen LogP contribution in [0.5, 0.6) is 0 Å². The summed E-state index contributed by atoms with van der Waals surface area (Å²) >= 11 is 0. The molecule has 2 unspecified atom stereocenters. The molecule has 0 spiro atoms. The van der Waals surface area contributed by atoms with Gasteiger partial charge in [0.1, 0.15) is 5.60 Å². The van der Waals surface area contributed by atoms with Gasteiger partial charge in [0.05, 0.1) is 0 Å². The van der Waals surface area contributed by atoms with Crippen molar-refractivity contribution in [2.75, 3.05) is 13.6 Å². The fourth-order valence-electron chi connectivity index (χ4n) is 3.98. The average Bonchev–Trinajstić information content (AvgIpc) is 2.75. The van der Waals surface area contributed by atoms with Crippen LogP contribution in [0.15, 0.2) is 91.0 Å². The van der Waals surface area contributed by atoms with Crippen LogP contribution in [-0.4, -0.2) is 29.6 Å². The van der Waals surface area contributed by atoms with Crippen LogP contribution in [0.3, 0.4) is 0 Å². The highest BCUT2D eigenvalue weighted by Crippen LogP contribution is 2.37. The van der Waals surface area contributed by atoms with E-state index in [1.807, 2.05) is 60.7 Å². The summed E-state index contributed by atoms with van der Waals surface area (Å²) in [4.78, 5) is 2.36. The number of likely N-dealkylation sites (N-methyl/N-ethyl adjacent to an activating group) is 1. The molecule has 0 heterocycles. The largest absolute Gasteiger partial charge is 0.380 e. The third kappa shape index (κ3) is 5.48. The molecule has 3 aromatic carbocycles. The molecule has 0 fully saturated rings. The van der Waals surface area contributed by atoms with Gasteiger partial charge in [-0.3, -0.25) is 0 Å². The van der Waals surface area contributed by atoms with Gasteiger partial charge in [-0.25, -0.2) is 0 Å². The molecule has 0 aliphatic carbocycles. The molecule has 3 heteroatoms. The molecule has 0 aliphatic heterocycles. The standard InChI is InChI=1S/C26H31NO.ClH/c1-21(20-27(3)22(2)19-23-13-7-4-8-14-23)26(28,24-15-9-5-10-16-24)25-17-11-6-12-18-25;/h4-18,21-22,28H,19-20H2,1-3H3;1H. The number of halogens is 1. The van der Waals surface area contributed by atoms with Gasteiger partial charge >= 0.3 is 0 Å². The molecule has 3 rings (SSSR count). The predicted octanol–water partition coefficient (Wildman–Crippen LogP) is 5.54. The molecule has 0 amide bonds. The Morgan fingerprint density at radius 3 is 1.62 bits per heavy atom. The van der Waals surface area contributed by atoms with Gasteiger partial charge in [-0.1, -0.05) is 97.9 Å². The highest BCUT2D eigenvalue weighted by atomic mass is 35.5. The molecular formula is C26H32ClNO. The summed E-state index contributed by atoms with van der Waals surface area (Å²) < 4.78 is 0.